The largest absolute Gasteiger partial charge is 0.490 e. The molecule has 1 aliphatic rings. The molecule has 6 heteroatoms. The van der Waals surface area contributed by atoms with E-state index in [4.69, 9.17) is 14.2 Å². The summed E-state index contributed by atoms with van der Waals surface area (Å²) in [5.74, 6) is 1.70. The van der Waals surface area contributed by atoms with Crippen molar-refractivity contribution < 1.29 is 19.0 Å². The highest BCUT2D eigenvalue weighted by Gasteiger charge is 2.30. The zero-order valence-electron chi connectivity index (χ0n) is 15.8. The molecular formula is C19H30N2O4. The standard InChI is InChI=1S/C19H30N2O4/c1-5-23-16-11-14(12-17(24-6-2)18(16)25-7-3)19(22)21-10-8-9-15(21)13-20-4/h11-12,15,20H,5-10,13H2,1-4H3. The van der Waals surface area contributed by atoms with Crippen LogP contribution in [0.5, 0.6) is 17.2 Å². The summed E-state index contributed by atoms with van der Waals surface area (Å²) in [6.45, 7) is 8.82. The van der Waals surface area contributed by atoms with E-state index in [9.17, 15) is 4.79 Å². The Kier molecular flexibility index (Phi) is 7.37. The number of hydrogen-bond donors (Lipinski definition) is 1. The van der Waals surface area contributed by atoms with Gasteiger partial charge in [0.05, 0.1) is 19.8 Å². The molecule has 25 heavy (non-hydrogen) atoms. The first-order valence-electron chi connectivity index (χ1n) is 9.18. The van der Waals surface area contributed by atoms with E-state index in [1.165, 1.54) is 0 Å². The maximum absolute atomic E-state index is 13.1. The van der Waals surface area contributed by atoms with Crippen molar-refractivity contribution in [2.45, 2.75) is 39.7 Å². The van der Waals surface area contributed by atoms with Crippen LogP contribution >= 0.6 is 0 Å². The van der Waals surface area contributed by atoms with E-state index in [1.54, 1.807) is 12.1 Å². The van der Waals surface area contributed by atoms with Gasteiger partial charge >= 0.3 is 0 Å². The van der Waals surface area contributed by atoms with Crippen LogP contribution in [0.1, 0.15) is 44.0 Å². The third kappa shape index (κ3) is 4.57. The normalized spacial score (nSPS) is 16.8. The lowest BCUT2D eigenvalue weighted by molar-refractivity contribution is 0.0736. The molecule has 140 valence electrons. The summed E-state index contributed by atoms with van der Waals surface area (Å²) in [7, 11) is 1.91. The second-order valence-corrected chi connectivity index (χ2v) is 5.95. The average molecular weight is 350 g/mol. The quantitative estimate of drug-likeness (QED) is 0.742. The number of amides is 1. The molecular weight excluding hydrogens is 320 g/mol. The topological polar surface area (TPSA) is 60.0 Å². The van der Waals surface area contributed by atoms with Gasteiger partial charge in [-0.1, -0.05) is 0 Å². The molecule has 0 bridgehead atoms. The van der Waals surface area contributed by atoms with E-state index < -0.39 is 0 Å². The SMILES string of the molecule is CCOc1cc(C(=O)N2CCCC2CNC)cc(OCC)c1OCC. The van der Waals surface area contributed by atoms with Crippen molar-refractivity contribution in [1.82, 2.24) is 10.2 Å². The molecule has 1 aromatic rings. The number of likely N-dealkylation sites (N-methyl/N-ethyl adjacent to an activating group) is 1. The second kappa shape index (κ2) is 9.51. The molecule has 2 rings (SSSR count). The maximum Gasteiger partial charge on any atom is 0.254 e. The molecule has 1 atom stereocenters. The summed E-state index contributed by atoms with van der Waals surface area (Å²) in [6, 6.07) is 3.78. The number of ether oxygens (including phenoxy) is 3. The summed E-state index contributed by atoms with van der Waals surface area (Å²) >= 11 is 0. The first kappa shape index (κ1) is 19.4. The van der Waals surface area contributed by atoms with Crippen LogP contribution in [0.2, 0.25) is 0 Å². The average Bonchev–Trinajstić information content (AvgIpc) is 3.06. The molecule has 6 nitrogen and oxygen atoms in total. The predicted octanol–water partition coefficient (Wildman–Crippen LogP) is 2.71. The van der Waals surface area contributed by atoms with Crippen LogP contribution in [0.25, 0.3) is 0 Å². The Morgan fingerprint density at radius 1 is 1.12 bits per heavy atom. The molecule has 1 amide bonds. The zero-order valence-corrected chi connectivity index (χ0v) is 15.8. The van der Waals surface area contributed by atoms with E-state index in [-0.39, 0.29) is 11.9 Å². The van der Waals surface area contributed by atoms with Crippen molar-refractivity contribution in [3.63, 3.8) is 0 Å². The molecule has 0 radical (unpaired) electrons. The highest BCUT2D eigenvalue weighted by Crippen LogP contribution is 2.39. The predicted molar refractivity (Wildman–Crippen MR) is 97.9 cm³/mol. The number of rotatable bonds is 9. The van der Waals surface area contributed by atoms with Crippen LogP contribution in [0, 0.1) is 0 Å². The lowest BCUT2D eigenvalue weighted by Gasteiger charge is -2.25. The van der Waals surface area contributed by atoms with Gasteiger partial charge in [0.25, 0.3) is 5.91 Å². The van der Waals surface area contributed by atoms with Gasteiger partial charge in [-0.15, -0.1) is 0 Å². The number of carbonyl (C=O) groups is 1. The van der Waals surface area contributed by atoms with Crippen LogP contribution in [0.4, 0.5) is 0 Å². The number of benzene rings is 1. The summed E-state index contributed by atoms with van der Waals surface area (Å²) in [5, 5.41) is 3.17. The van der Waals surface area contributed by atoms with E-state index >= 15 is 0 Å². The van der Waals surface area contributed by atoms with E-state index in [1.807, 2.05) is 32.7 Å². The Bertz CT molecular complexity index is 550. The minimum atomic E-state index is 0.0164. The third-order valence-electron chi connectivity index (χ3n) is 4.23. The Morgan fingerprint density at radius 3 is 2.24 bits per heavy atom. The van der Waals surface area contributed by atoms with Gasteiger partial charge in [-0.25, -0.2) is 0 Å². The van der Waals surface area contributed by atoms with Gasteiger partial charge in [0.2, 0.25) is 5.75 Å². The third-order valence-corrected chi connectivity index (χ3v) is 4.23. The molecule has 1 N–H and O–H groups in total. The smallest absolute Gasteiger partial charge is 0.254 e. The lowest BCUT2D eigenvalue weighted by atomic mass is 10.1. The van der Waals surface area contributed by atoms with Crippen LogP contribution in [0.15, 0.2) is 12.1 Å². The lowest BCUT2D eigenvalue weighted by Crippen LogP contribution is -2.40. The van der Waals surface area contributed by atoms with Crippen LogP contribution in [-0.4, -0.2) is 56.8 Å². The summed E-state index contributed by atoms with van der Waals surface area (Å²) < 4.78 is 17.1. The molecule has 0 saturated carbocycles. The van der Waals surface area contributed by atoms with E-state index in [0.29, 0.717) is 42.6 Å². The number of nitrogens with zero attached hydrogens (tertiary/aromatic N) is 1. The Morgan fingerprint density at radius 2 is 1.72 bits per heavy atom. The molecule has 0 aromatic heterocycles. The summed E-state index contributed by atoms with van der Waals surface area (Å²) in [6.07, 6.45) is 2.06. The fourth-order valence-electron chi connectivity index (χ4n) is 3.23. The molecule has 0 aliphatic carbocycles. The van der Waals surface area contributed by atoms with Gasteiger partial charge in [-0.05, 0) is 52.8 Å². The van der Waals surface area contributed by atoms with Crippen LogP contribution < -0.4 is 19.5 Å². The van der Waals surface area contributed by atoms with Crippen molar-refractivity contribution in [2.24, 2.45) is 0 Å². The molecule has 1 saturated heterocycles. The van der Waals surface area contributed by atoms with Crippen molar-refractivity contribution in [3.05, 3.63) is 17.7 Å². The molecule has 1 aromatic carbocycles. The van der Waals surface area contributed by atoms with E-state index in [0.717, 1.165) is 25.9 Å². The van der Waals surface area contributed by atoms with Crippen LogP contribution in [0.3, 0.4) is 0 Å². The fourth-order valence-corrected chi connectivity index (χ4v) is 3.23. The first-order valence-corrected chi connectivity index (χ1v) is 9.18. The Balaban J connectivity index is 2.37. The zero-order chi connectivity index (χ0) is 18.2. The van der Waals surface area contributed by atoms with Crippen molar-refractivity contribution >= 4 is 5.91 Å². The van der Waals surface area contributed by atoms with Gasteiger partial charge in [0.1, 0.15) is 0 Å². The monoisotopic (exact) mass is 350 g/mol. The minimum absolute atomic E-state index is 0.0164. The highest BCUT2D eigenvalue weighted by atomic mass is 16.5. The van der Waals surface area contributed by atoms with Gasteiger partial charge < -0.3 is 24.4 Å². The molecule has 1 fully saturated rings. The fraction of sp³-hybridized carbons (Fsp3) is 0.632. The molecule has 1 unspecified atom stereocenters. The molecule has 1 heterocycles. The summed E-state index contributed by atoms with van der Waals surface area (Å²) in [5.41, 5.74) is 0.582. The van der Waals surface area contributed by atoms with Gasteiger partial charge in [0, 0.05) is 24.7 Å². The molecule has 1 aliphatic heterocycles. The number of carbonyl (C=O) groups excluding carboxylic acids is 1. The Labute approximate surface area is 150 Å². The van der Waals surface area contributed by atoms with Gasteiger partial charge in [-0.3, -0.25) is 4.79 Å². The first-order chi connectivity index (χ1) is 12.2. The minimum Gasteiger partial charge on any atom is -0.490 e. The maximum atomic E-state index is 13.1. The summed E-state index contributed by atoms with van der Waals surface area (Å²) in [4.78, 5) is 15.0. The highest BCUT2D eigenvalue weighted by molar-refractivity contribution is 5.96. The molecule has 0 spiro atoms. The van der Waals surface area contributed by atoms with Crippen molar-refractivity contribution in [1.29, 1.82) is 0 Å². The van der Waals surface area contributed by atoms with Gasteiger partial charge in [0.15, 0.2) is 11.5 Å². The number of hydrogen-bond acceptors (Lipinski definition) is 5. The Hall–Kier alpha value is -1.95. The van der Waals surface area contributed by atoms with E-state index in [2.05, 4.69) is 5.32 Å². The second-order valence-electron chi connectivity index (χ2n) is 5.95. The van der Waals surface area contributed by atoms with Crippen molar-refractivity contribution in [2.75, 3.05) is 40.0 Å². The van der Waals surface area contributed by atoms with Crippen molar-refractivity contribution in [3.8, 4) is 17.2 Å². The van der Waals surface area contributed by atoms with Gasteiger partial charge in [-0.2, -0.15) is 0 Å². The van der Waals surface area contributed by atoms with Crippen LogP contribution in [-0.2, 0) is 0 Å². The number of nitrogens with one attached hydrogen (secondary N) is 1. The number of likely N-dealkylation sites (tertiary alicyclic amines) is 1.